The number of thiophene rings is 1. The first-order valence-electron chi connectivity index (χ1n) is 5.22. The lowest BCUT2D eigenvalue weighted by molar-refractivity contribution is 0.914. The molecule has 0 aliphatic heterocycles. The second-order valence-electron chi connectivity index (χ2n) is 3.63. The van der Waals surface area contributed by atoms with Crippen LogP contribution in [0.4, 0.5) is 0 Å². The molecule has 0 spiro atoms. The van der Waals surface area contributed by atoms with E-state index >= 15 is 0 Å². The summed E-state index contributed by atoms with van der Waals surface area (Å²) in [5.74, 6) is 0. The van der Waals surface area contributed by atoms with E-state index in [-0.39, 0.29) is 0 Å². The molecule has 92 valence electrons. The summed E-state index contributed by atoms with van der Waals surface area (Å²) in [4.78, 5) is 1.00. The van der Waals surface area contributed by atoms with E-state index in [4.69, 9.17) is 0 Å². The molecular formula is C13H11BrN2S2. The van der Waals surface area contributed by atoms with Crippen LogP contribution in [0.15, 0.2) is 33.6 Å². The van der Waals surface area contributed by atoms with Gasteiger partial charge in [-0.3, -0.25) is 0 Å². The average Bonchev–Trinajstić information content (AvgIpc) is 2.95. The van der Waals surface area contributed by atoms with Gasteiger partial charge in [-0.15, -0.1) is 23.1 Å². The van der Waals surface area contributed by atoms with Gasteiger partial charge in [-0.25, -0.2) is 0 Å². The van der Waals surface area contributed by atoms with Crippen molar-refractivity contribution in [1.82, 2.24) is 4.57 Å². The summed E-state index contributed by atoms with van der Waals surface area (Å²) in [5, 5.41) is 11.5. The molecule has 0 bridgehead atoms. The molecule has 5 heteroatoms. The number of aromatic nitrogens is 1. The van der Waals surface area contributed by atoms with Gasteiger partial charge in [0.25, 0.3) is 0 Å². The molecular weight excluding hydrogens is 328 g/mol. The molecule has 0 aromatic carbocycles. The Labute approximate surface area is 123 Å². The van der Waals surface area contributed by atoms with Gasteiger partial charge in [0.2, 0.25) is 0 Å². The average molecular weight is 339 g/mol. The van der Waals surface area contributed by atoms with Crippen molar-refractivity contribution in [3.05, 3.63) is 44.8 Å². The first-order chi connectivity index (χ1) is 8.69. The first kappa shape index (κ1) is 13.5. The quantitative estimate of drug-likeness (QED) is 0.765. The van der Waals surface area contributed by atoms with Crippen molar-refractivity contribution in [1.29, 1.82) is 5.26 Å². The minimum absolute atomic E-state index is 0.720. The monoisotopic (exact) mass is 338 g/mol. The van der Waals surface area contributed by atoms with Crippen molar-refractivity contribution in [3.8, 4) is 6.07 Å². The fourth-order valence-corrected chi connectivity index (χ4v) is 3.79. The summed E-state index contributed by atoms with van der Waals surface area (Å²) in [6, 6.07) is 8.33. The van der Waals surface area contributed by atoms with E-state index in [0.29, 0.717) is 0 Å². The van der Waals surface area contributed by atoms with Gasteiger partial charge in [-0.05, 0) is 45.8 Å². The highest BCUT2D eigenvalue weighted by molar-refractivity contribution is 9.11. The minimum atomic E-state index is 0.720. The van der Waals surface area contributed by atoms with Crippen LogP contribution < -0.4 is 0 Å². The Morgan fingerprint density at radius 1 is 1.50 bits per heavy atom. The van der Waals surface area contributed by atoms with Crippen molar-refractivity contribution in [2.45, 2.75) is 0 Å². The molecule has 0 atom stereocenters. The number of aryl methyl sites for hydroxylation is 1. The van der Waals surface area contributed by atoms with Gasteiger partial charge in [0.05, 0.1) is 15.1 Å². The van der Waals surface area contributed by atoms with Crippen molar-refractivity contribution in [3.63, 3.8) is 0 Å². The Kier molecular flexibility index (Phi) is 4.33. The minimum Gasteiger partial charge on any atom is -0.350 e. The Hall–Kier alpha value is -0.960. The van der Waals surface area contributed by atoms with Crippen molar-refractivity contribution in [2.75, 3.05) is 6.26 Å². The number of nitrogens with zero attached hydrogens (tertiary/aromatic N) is 2. The number of hydrogen-bond acceptors (Lipinski definition) is 3. The van der Waals surface area contributed by atoms with Gasteiger partial charge >= 0.3 is 0 Å². The van der Waals surface area contributed by atoms with Gasteiger partial charge in [0.1, 0.15) is 6.07 Å². The van der Waals surface area contributed by atoms with E-state index in [1.807, 2.05) is 47.6 Å². The fourth-order valence-electron chi connectivity index (χ4n) is 1.74. The van der Waals surface area contributed by atoms with E-state index in [1.165, 1.54) is 0 Å². The van der Waals surface area contributed by atoms with Crippen LogP contribution in [0.5, 0.6) is 0 Å². The zero-order valence-electron chi connectivity index (χ0n) is 9.98. The van der Waals surface area contributed by atoms with E-state index in [1.54, 1.807) is 23.1 Å². The second kappa shape index (κ2) is 5.79. The van der Waals surface area contributed by atoms with Crippen LogP contribution in [-0.4, -0.2) is 10.8 Å². The summed E-state index contributed by atoms with van der Waals surface area (Å²) in [7, 11) is 1.99. The van der Waals surface area contributed by atoms with Crippen LogP contribution in [-0.2, 0) is 7.05 Å². The molecule has 2 aromatic rings. The van der Waals surface area contributed by atoms with Gasteiger partial charge in [0, 0.05) is 23.7 Å². The molecule has 2 heterocycles. The van der Waals surface area contributed by atoms with E-state index in [0.717, 1.165) is 25.5 Å². The molecule has 0 saturated carbocycles. The second-order valence-corrected chi connectivity index (χ2v) is 6.68. The largest absolute Gasteiger partial charge is 0.350 e. The molecule has 0 unspecified atom stereocenters. The fraction of sp³-hybridized carbons (Fsp3) is 0.154. The third-order valence-electron chi connectivity index (χ3n) is 2.61. The molecule has 0 aliphatic rings. The zero-order chi connectivity index (χ0) is 13.1. The van der Waals surface area contributed by atoms with Crippen LogP contribution in [0.3, 0.4) is 0 Å². The van der Waals surface area contributed by atoms with Crippen LogP contribution in [0.25, 0.3) is 10.5 Å². The van der Waals surface area contributed by atoms with Crippen LogP contribution in [0.2, 0.25) is 0 Å². The molecule has 2 rings (SSSR count). The highest BCUT2D eigenvalue weighted by Gasteiger charge is 2.15. The lowest BCUT2D eigenvalue weighted by Crippen LogP contribution is -1.94. The maximum Gasteiger partial charge on any atom is 0.101 e. The molecule has 0 fully saturated rings. The molecule has 0 N–H and O–H groups in total. The van der Waals surface area contributed by atoms with E-state index in [9.17, 15) is 5.26 Å². The highest BCUT2D eigenvalue weighted by atomic mass is 79.9. The standard InChI is InChI=1S/C13H11BrN2S2/c1-16-6-3-4-11(16)12(17-2)10(8-15)9-5-7-18-13(9)14/h3-7H,1-2H3/b12-10-. The number of allylic oxidation sites excluding steroid dienone is 1. The maximum absolute atomic E-state index is 9.47. The third-order valence-corrected chi connectivity index (χ3v) is 5.12. The molecule has 0 saturated heterocycles. The van der Waals surface area contributed by atoms with Crippen molar-refractivity contribution in [2.24, 2.45) is 7.05 Å². The Bertz CT molecular complexity index is 631. The molecule has 2 nitrogen and oxygen atoms in total. The number of thioether (sulfide) groups is 1. The Balaban J connectivity index is 2.65. The summed E-state index contributed by atoms with van der Waals surface area (Å²) in [6.07, 6.45) is 3.99. The summed E-state index contributed by atoms with van der Waals surface area (Å²) in [5.41, 5.74) is 2.75. The van der Waals surface area contributed by atoms with E-state index < -0.39 is 0 Å². The Morgan fingerprint density at radius 3 is 2.72 bits per heavy atom. The molecule has 2 aromatic heterocycles. The maximum atomic E-state index is 9.47. The van der Waals surface area contributed by atoms with Gasteiger partial charge in [-0.2, -0.15) is 5.26 Å². The predicted molar refractivity (Wildman–Crippen MR) is 83.4 cm³/mol. The van der Waals surface area contributed by atoms with Crippen LogP contribution >= 0.6 is 39.0 Å². The van der Waals surface area contributed by atoms with E-state index in [2.05, 4.69) is 22.0 Å². The summed E-state index contributed by atoms with van der Waals surface area (Å²) in [6.45, 7) is 0. The van der Waals surface area contributed by atoms with Crippen molar-refractivity contribution >= 4 is 49.5 Å². The normalized spacial score (nSPS) is 12.1. The van der Waals surface area contributed by atoms with Gasteiger partial charge in [0.15, 0.2) is 0 Å². The lowest BCUT2D eigenvalue weighted by Gasteiger charge is -2.09. The SMILES string of the molecule is CS/C(=C(/C#N)c1ccsc1Br)c1cccn1C. The molecule has 0 amide bonds. The number of hydrogen-bond donors (Lipinski definition) is 0. The van der Waals surface area contributed by atoms with Crippen molar-refractivity contribution < 1.29 is 0 Å². The molecule has 18 heavy (non-hydrogen) atoms. The number of rotatable bonds is 3. The number of nitriles is 1. The van der Waals surface area contributed by atoms with Gasteiger partial charge in [-0.1, -0.05) is 0 Å². The first-order valence-corrected chi connectivity index (χ1v) is 8.12. The summed E-state index contributed by atoms with van der Waals surface area (Å²) >= 11 is 6.70. The predicted octanol–water partition coefficient (Wildman–Crippen LogP) is 4.60. The smallest absolute Gasteiger partial charge is 0.101 e. The Morgan fingerprint density at radius 2 is 2.28 bits per heavy atom. The molecule has 0 aliphatic carbocycles. The number of halogens is 1. The van der Waals surface area contributed by atoms with Gasteiger partial charge < -0.3 is 4.57 Å². The van der Waals surface area contributed by atoms with Crippen LogP contribution in [0.1, 0.15) is 11.3 Å². The highest BCUT2D eigenvalue weighted by Crippen LogP contribution is 2.38. The lowest BCUT2D eigenvalue weighted by atomic mass is 10.1. The topological polar surface area (TPSA) is 28.7 Å². The zero-order valence-corrected chi connectivity index (χ0v) is 13.2. The molecule has 0 radical (unpaired) electrons. The van der Waals surface area contributed by atoms with Crippen LogP contribution in [0, 0.1) is 11.3 Å². The summed E-state index contributed by atoms with van der Waals surface area (Å²) < 4.78 is 3.03. The third kappa shape index (κ3) is 2.41.